The van der Waals surface area contributed by atoms with Gasteiger partial charge in [0.15, 0.2) is 0 Å². The summed E-state index contributed by atoms with van der Waals surface area (Å²) in [5.41, 5.74) is 0. The minimum atomic E-state index is -0.0335. The van der Waals surface area contributed by atoms with Crippen LogP contribution in [0.1, 0.15) is 84.6 Å². The first-order chi connectivity index (χ1) is 12.0. The second kappa shape index (κ2) is 8.35. The van der Waals surface area contributed by atoms with Crippen molar-refractivity contribution in [2.75, 3.05) is 0 Å². The Bertz CT molecular complexity index is 562. The van der Waals surface area contributed by atoms with E-state index in [4.69, 9.17) is 0 Å². The van der Waals surface area contributed by atoms with Crippen LogP contribution in [0.4, 0.5) is 0 Å². The number of hydrogen-bond acceptors (Lipinski definition) is 3. The molecule has 2 aliphatic rings. The van der Waals surface area contributed by atoms with E-state index in [9.17, 15) is 9.59 Å². The highest BCUT2D eigenvalue weighted by Crippen LogP contribution is 2.26. The number of hydrogen-bond donors (Lipinski definition) is 2. The maximum atomic E-state index is 12.5. The third-order valence-corrected chi connectivity index (χ3v) is 6.99. The van der Waals surface area contributed by atoms with Crippen molar-refractivity contribution in [3.05, 3.63) is 21.9 Å². The number of carbonyl (C=O) groups is 2. The van der Waals surface area contributed by atoms with E-state index in [1.807, 2.05) is 0 Å². The van der Waals surface area contributed by atoms with Crippen LogP contribution >= 0.6 is 11.3 Å². The highest BCUT2D eigenvalue weighted by Gasteiger charge is 2.26. The van der Waals surface area contributed by atoms with E-state index in [0.717, 1.165) is 12.8 Å². The summed E-state index contributed by atoms with van der Waals surface area (Å²) in [6, 6.07) is 4.10. The van der Waals surface area contributed by atoms with Crippen molar-refractivity contribution in [1.82, 2.24) is 10.6 Å². The van der Waals surface area contributed by atoms with Gasteiger partial charge in [0.1, 0.15) is 0 Å². The zero-order valence-corrected chi connectivity index (χ0v) is 16.2. The number of nitrogens with one attached hydrogen (secondary N) is 2. The summed E-state index contributed by atoms with van der Waals surface area (Å²) in [7, 11) is 0. The van der Waals surface area contributed by atoms with Gasteiger partial charge in [-0.25, -0.2) is 0 Å². The Morgan fingerprint density at radius 1 is 0.800 bits per heavy atom. The monoisotopic (exact) mass is 362 g/mol. The SMILES string of the molecule is CC1CCCCC1NC(=O)c1ccc(C(=O)NC2CCCCC2C)s1. The Morgan fingerprint density at radius 2 is 1.20 bits per heavy atom. The van der Waals surface area contributed by atoms with E-state index in [-0.39, 0.29) is 23.9 Å². The molecule has 1 heterocycles. The number of thiophene rings is 1. The van der Waals surface area contributed by atoms with Crippen molar-refractivity contribution >= 4 is 23.2 Å². The first-order valence-electron chi connectivity index (χ1n) is 9.76. The maximum Gasteiger partial charge on any atom is 0.261 e. The van der Waals surface area contributed by atoms with Gasteiger partial charge in [-0.2, -0.15) is 0 Å². The minimum Gasteiger partial charge on any atom is -0.348 e. The molecule has 3 rings (SSSR count). The topological polar surface area (TPSA) is 58.2 Å². The molecule has 25 heavy (non-hydrogen) atoms. The Labute approximate surface area is 154 Å². The molecule has 2 amide bonds. The molecule has 1 aromatic rings. The molecular formula is C20H30N2O2S. The summed E-state index contributed by atoms with van der Waals surface area (Å²) in [5, 5.41) is 6.33. The lowest BCUT2D eigenvalue weighted by Crippen LogP contribution is -2.41. The molecule has 138 valence electrons. The van der Waals surface area contributed by atoms with Crippen LogP contribution in [0.25, 0.3) is 0 Å². The number of rotatable bonds is 4. The van der Waals surface area contributed by atoms with Gasteiger partial charge in [0.2, 0.25) is 0 Å². The summed E-state index contributed by atoms with van der Waals surface area (Å²) >= 11 is 1.30. The molecule has 0 spiro atoms. The molecule has 2 fully saturated rings. The van der Waals surface area contributed by atoms with Crippen LogP contribution < -0.4 is 10.6 Å². The molecule has 0 bridgehead atoms. The molecule has 4 nitrogen and oxygen atoms in total. The lowest BCUT2D eigenvalue weighted by molar-refractivity contribution is 0.0908. The van der Waals surface area contributed by atoms with Gasteiger partial charge in [-0.05, 0) is 49.7 Å². The second-order valence-electron chi connectivity index (χ2n) is 7.85. The highest BCUT2D eigenvalue weighted by atomic mass is 32.1. The van der Waals surface area contributed by atoms with Gasteiger partial charge in [0.05, 0.1) is 9.75 Å². The average molecular weight is 363 g/mol. The third-order valence-electron chi connectivity index (χ3n) is 5.91. The van der Waals surface area contributed by atoms with Crippen LogP contribution in [0.3, 0.4) is 0 Å². The molecular weight excluding hydrogens is 332 g/mol. The van der Waals surface area contributed by atoms with Crippen LogP contribution in [-0.2, 0) is 0 Å². The van der Waals surface area contributed by atoms with E-state index in [1.165, 1.54) is 49.9 Å². The van der Waals surface area contributed by atoms with Crippen molar-refractivity contribution in [2.24, 2.45) is 11.8 Å². The lowest BCUT2D eigenvalue weighted by Gasteiger charge is -2.29. The standard InChI is InChI=1S/C20H30N2O2S/c1-13-7-3-5-9-15(13)21-19(23)17-11-12-18(25-17)20(24)22-16-10-6-4-8-14(16)2/h11-16H,3-10H2,1-2H3,(H,21,23)(H,22,24). The fourth-order valence-electron chi connectivity index (χ4n) is 4.12. The Hall–Kier alpha value is -1.36. The predicted molar refractivity (Wildman–Crippen MR) is 102 cm³/mol. The van der Waals surface area contributed by atoms with Crippen molar-refractivity contribution in [2.45, 2.75) is 77.3 Å². The predicted octanol–water partition coefficient (Wildman–Crippen LogP) is 4.37. The van der Waals surface area contributed by atoms with Gasteiger partial charge in [0.25, 0.3) is 11.8 Å². The van der Waals surface area contributed by atoms with Crippen LogP contribution in [0.2, 0.25) is 0 Å². The summed E-state index contributed by atoms with van der Waals surface area (Å²) in [4.78, 5) is 26.3. The summed E-state index contributed by atoms with van der Waals surface area (Å²) in [6.07, 6.45) is 9.38. The Morgan fingerprint density at radius 3 is 1.60 bits per heavy atom. The van der Waals surface area contributed by atoms with E-state index in [2.05, 4.69) is 24.5 Å². The molecule has 4 unspecified atom stereocenters. The summed E-state index contributed by atoms with van der Waals surface area (Å²) in [5.74, 6) is 1.00. The van der Waals surface area contributed by atoms with Crippen LogP contribution in [-0.4, -0.2) is 23.9 Å². The fourth-order valence-corrected chi connectivity index (χ4v) is 4.93. The molecule has 1 aromatic heterocycles. The van der Waals surface area contributed by atoms with E-state index in [1.54, 1.807) is 12.1 Å². The van der Waals surface area contributed by atoms with E-state index < -0.39 is 0 Å². The van der Waals surface area contributed by atoms with Crippen LogP contribution in [0.5, 0.6) is 0 Å². The van der Waals surface area contributed by atoms with Crippen LogP contribution in [0, 0.1) is 11.8 Å². The van der Waals surface area contributed by atoms with Gasteiger partial charge in [-0.15, -0.1) is 11.3 Å². The Kier molecular flexibility index (Phi) is 6.15. The number of carbonyl (C=O) groups excluding carboxylic acids is 2. The van der Waals surface area contributed by atoms with Crippen molar-refractivity contribution < 1.29 is 9.59 Å². The van der Waals surface area contributed by atoms with Gasteiger partial charge in [0, 0.05) is 12.1 Å². The fraction of sp³-hybridized carbons (Fsp3) is 0.700. The largest absolute Gasteiger partial charge is 0.348 e. The van der Waals surface area contributed by atoms with Gasteiger partial charge in [-0.3, -0.25) is 9.59 Å². The lowest BCUT2D eigenvalue weighted by atomic mass is 9.86. The van der Waals surface area contributed by atoms with Crippen molar-refractivity contribution in [3.63, 3.8) is 0 Å². The molecule has 0 aliphatic heterocycles. The first-order valence-corrected chi connectivity index (χ1v) is 10.6. The molecule has 2 N–H and O–H groups in total. The quantitative estimate of drug-likeness (QED) is 0.836. The van der Waals surface area contributed by atoms with Crippen molar-refractivity contribution in [1.29, 1.82) is 0 Å². The van der Waals surface area contributed by atoms with Gasteiger partial charge in [-0.1, -0.05) is 39.5 Å². The third kappa shape index (κ3) is 4.63. The molecule has 2 saturated carbocycles. The molecule has 5 heteroatoms. The molecule has 4 atom stereocenters. The average Bonchev–Trinajstić information content (AvgIpc) is 3.09. The minimum absolute atomic E-state index is 0.0335. The normalized spacial score (nSPS) is 29.8. The molecule has 0 radical (unpaired) electrons. The smallest absolute Gasteiger partial charge is 0.261 e. The van der Waals surface area contributed by atoms with Gasteiger partial charge >= 0.3 is 0 Å². The first kappa shape index (κ1) is 18.4. The zero-order valence-electron chi connectivity index (χ0n) is 15.3. The van der Waals surface area contributed by atoms with E-state index >= 15 is 0 Å². The number of amides is 2. The highest BCUT2D eigenvalue weighted by molar-refractivity contribution is 7.15. The Balaban J connectivity index is 1.57. The molecule has 0 saturated heterocycles. The molecule has 0 aromatic carbocycles. The summed E-state index contributed by atoms with van der Waals surface area (Å²) in [6.45, 7) is 4.42. The summed E-state index contributed by atoms with van der Waals surface area (Å²) < 4.78 is 0. The second-order valence-corrected chi connectivity index (χ2v) is 8.93. The van der Waals surface area contributed by atoms with E-state index in [0.29, 0.717) is 21.6 Å². The van der Waals surface area contributed by atoms with Crippen LogP contribution in [0.15, 0.2) is 12.1 Å². The van der Waals surface area contributed by atoms with Gasteiger partial charge < -0.3 is 10.6 Å². The zero-order chi connectivity index (χ0) is 17.8. The molecule has 2 aliphatic carbocycles. The van der Waals surface area contributed by atoms with Crippen molar-refractivity contribution in [3.8, 4) is 0 Å². The maximum absolute atomic E-state index is 12.5.